The average molecular weight is 545 g/mol. The highest BCUT2D eigenvalue weighted by atomic mass is 31.4. The van der Waals surface area contributed by atoms with Gasteiger partial charge in [-0.2, -0.15) is 0 Å². The van der Waals surface area contributed by atoms with Gasteiger partial charge in [0.15, 0.2) is 0 Å². The van der Waals surface area contributed by atoms with Gasteiger partial charge in [-0.05, 0) is 71.7 Å². The van der Waals surface area contributed by atoms with Crippen molar-refractivity contribution in [1.82, 2.24) is 0 Å². The second-order valence-corrected chi connectivity index (χ2v) is 20.4. The van der Waals surface area contributed by atoms with E-state index in [1.807, 2.05) is 0 Å². The van der Waals surface area contributed by atoms with E-state index in [-0.39, 0.29) is 24.6 Å². The molecule has 5 rings (SSSR count). The molecule has 3 heteroatoms. The highest BCUT2D eigenvalue weighted by molar-refractivity contribution is 7.97. The Morgan fingerprint density at radius 2 is 1.05 bits per heavy atom. The molecule has 0 spiro atoms. The van der Waals surface area contributed by atoms with Gasteiger partial charge in [-0.3, -0.25) is 0 Å². The summed E-state index contributed by atoms with van der Waals surface area (Å²) in [4.78, 5) is 0. The van der Waals surface area contributed by atoms with Crippen LogP contribution >= 0.6 is 15.4 Å². The molecule has 3 aromatic rings. The minimum Gasteiger partial charge on any atom is -0.100 e. The summed E-state index contributed by atoms with van der Waals surface area (Å²) in [6.45, 7) is 0. The van der Waals surface area contributed by atoms with Crippen molar-refractivity contribution in [3.8, 4) is 0 Å². The molecule has 0 amide bonds. The highest BCUT2D eigenvalue weighted by Gasteiger charge is 2.31. The molecule has 0 radical (unpaired) electrons. The molecule has 2 saturated carbocycles. The first-order valence-electron chi connectivity index (χ1n) is 15.1. The van der Waals surface area contributed by atoms with Crippen LogP contribution in [0.2, 0.25) is 6.04 Å². The van der Waals surface area contributed by atoms with E-state index in [9.17, 15) is 0 Å². The lowest BCUT2D eigenvalue weighted by molar-refractivity contribution is 0.483. The van der Waals surface area contributed by atoms with Gasteiger partial charge in [-0.1, -0.05) is 143 Å². The van der Waals surface area contributed by atoms with Crippen molar-refractivity contribution >= 4 is 35.2 Å². The van der Waals surface area contributed by atoms with Crippen LogP contribution in [0.25, 0.3) is 0 Å². The maximum Gasteiger partial charge on any atom is 0.0607 e. The van der Waals surface area contributed by atoms with Crippen molar-refractivity contribution in [2.75, 3.05) is 6.16 Å². The van der Waals surface area contributed by atoms with Gasteiger partial charge in [0.2, 0.25) is 0 Å². The molecule has 0 bridgehead atoms. The summed E-state index contributed by atoms with van der Waals surface area (Å²) >= 11 is 0. The molecule has 0 saturated heterocycles. The number of hydrogen-bond acceptors (Lipinski definition) is 0. The first-order chi connectivity index (χ1) is 18.4. The summed E-state index contributed by atoms with van der Waals surface area (Å²) in [5, 5.41) is 3.18. The van der Waals surface area contributed by atoms with Crippen LogP contribution in [-0.2, 0) is 0 Å². The SMILES string of the molecule is c1ccc(C(CCP(C2CCCCC2)C2CCCCC2)C[SiH2]P(c2ccccc2)c2ccccc2)cc1. The Morgan fingerprint density at radius 3 is 1.54 bits per heavy atom. The molecule has 1 atom stereocenters. The van der Waals surface area contributed by atoms with Crippen molar-refractivity contribution in [3.05, 3.63) is 96.6 Å². The second kappa shape index (κ2) is 14.8. The van der Waals surface area contributed by atoms with E-state index < -0.39 is 0 Å². The van der Waals surface area contributed by atoms with Crippen LogP contribution in [0.1, 0.15) is 82.1 Å². The van der Waals surface area contributed by atoms with Crippen LogP contribution < -0.4 is 10.6 Å². The Labute approximate surface area is 231 Å². The Kier molecular flexibility index (Phi) is 10.9. The van der Waals surface area contributed by atoms with Gasteiger partial charge in [0.05, 0.1) is 9.19 Å². The summed E-state index contributed by atoms with van der Waals surface area (Å²) in [5.41, 5.74) is 3.77. The average Bonchev–Trinajstić information content (AvgIpc) is 2.99. The predicted octanol–water partition coefficient (Wildman–Crippen LogP) is 8.94. The first-order valence-corrected chi connectivity index (χ1v) is 21.2. The first kappa shape index (κ1) is 27.3. The van der Waals surface area contributed by atoms with E-state index in [1.165, 1.54) is 57.2 Å². The monoisotopic (exact) mass is 544 g/mol. The highest BCUT2D eigenvalue weighted by Crippen LogP contribution is 2.57. The van der Waals surface area contributed by atoms with E-state index in [0.717, 1.165) is 17.2 Å². The minimum atomic E-state index is -0.281. The number of benzene rings is 3. The molecule has 37 heavy (non-hydrogen) atoms. The summed E-state index contributed by atoms with van der Waals surface area (Å²) in [6, 6.07) is 36.0. The van der Waals surface area contributed by atoms with Gasteiger partial charge >= 0.3 is 0 Å². The lowest BCUT2D eigenvalue weighted by Gasteiger charge is -2.39. The third kappa shape index (κ3) is 7.88. The maximum absolute atomic E-state index is 2.44. The van der Waals surface area contributed by atoms with Gasteiger partial charge in [0.1, 0.15) is 0 Å². The second-order valence-electron chi connectivity index (χ2n) is 11.3. The molecular formula is C34H46P2Si. The Bertz CT molecular complexity index is 956. The van der Waals surface area contributed by atoms with Crippen molar-refractivity contribution in [1.29, 1.82) is 0 Å². The minimum absolute atomic E-state index is 0.180. The van der Waals surface area contributed by atoms with E-state index in [2.05, 4.69) is 91.0 Å². The fourth-order valence-corrected chi connectivity index (χ4v) is 18.5. The molecule has 1 unspecified atom stereocenters. The van der Waals surface area contributed by atoms with Gasteiger partial charge in [0, 0.05) is 0 Å². The standard InChI is InChI=1S/C34H46P2Si/c1-6-16-29(17-7-1)30(26-27-35(31-18-8-2-9-19-31)32-20-10-3-11-21-32)28-37-36(33-22-12-4-13-23-33)34-24-14-5-15-25-34/h1,4-7,12-17,22-25,30-32H,2-3,8-11,18-21,26-28,37H2. The lowest BCUT2D eigenvalue weighted by Crippen LogP contribution is -2.23. The summed E-state index contributed by atoms with van der Waals surface area (Å²) in [7, 11) is -0.274. The third-order valence-corrected chi connectivity index (χ3v) is 20.2. The number of hydrogen-bond donors (Lipinski definition) is 0. The molecular weight excluding hydrogens is 498 g/mol. The van der Waals surface area contributed by atoms with Crippen LogP contribution in [0, 0.1) is 0 Å². The molecule has 0 aromatic heterocycles. The molecule has 0 nitrogen and oxygen atoms in total. The fourth-order valence-electron chi connectivity index (χ4n) is 6.90. The van der Waals surface area contributed by atoms with Crippen LogP contribution in [-0.4, -0.2) is 26.7 Å². The summed E-state index contributed by atoms with van der Waals surface area (Å²) in [5.74, 6) is 0.752. The van der Waals surface area contributed by atoms with Crippen LogP contribution in [0.4, 0.5) is 0 Å². The molecule has 3 aromatic carbocycles. The third-order valence-electron chi connectivity index (χ3n) is 8.93. The van der Waals surface area contributed by atoms with Crippen LogP contribution in [0.5, 0.6) is 0 Å². The topological polar surface area (TPSA) is 0 Å². The van der Waals surface area contributed by atoms with Crippen molar-refractivity contribution < 1.29 is 0 Å². The van der Waals surface area contributed by atoms with Gasteiger partial charge in [0.25, 0.3) is 0 Å². The van der Waals surface area contributed by atoms with E-state index in [1.54, 1.807) is 41.9 Å². The zero-order valence-electron chi connectivity index (χ0n) is 22.7. The van der Waals surface area contributed by atoms with E-state index in [0.29, 0.717) is 0 Å². The molecule has 0 aliphatic heterocycles. The fraction of sp³-hybridized carbons (Fsp3) is 0.471. The van der Waals surface area contributed by atoms with Gasteiger partial charge in [-0.15, -0.1) is 7.92 Å². The molecule has 196 valence electrons. The van der Waals surface area contributed by atoms with E-state index >= 15 is 0 Å². The summed E-state index contributed by atoms with van der Waals surface area (Å²) in [6.07, 6.45) is 18.1. The molecule has 2 fully saturated rings. The smallest absolute Gasteiger partial charge is 0.0607 e. The lowest BCUT2D eigenvalue weighted by atomic mass is 9.98. The Balaban J connectivity index is 1.33. The quantitative estimate of drug-likeness (QED) is 0.167. The normalized spacial score (nSPS) is 18.6. The maximum atomic E-state index is 2.44. The molecule has 2 aliphatic rings. The predicted molar refractivity (Wildman–Crippen MR) is 172 cm³/mol. The zero-order valence-corrected chi connectivity index (χ0v) is 25.9. The van der Waals surface area contributed by atoms with Crippen LogP contribution in [0.15, 0.2) is 91.0 Å². The molecule has 2 aliphatic carbocycles. The largest absolute Gasteiger partial charge is 0.100 e. The van der Waals surface area contributed by atoms with Crippen molar-refractivity contribution in [2.45, 2.75) is 93.9 Å². The van der Waals surface area contributed by atoms with Crippen molar-refractivity contribution in [3.63, 3.8) is 0 Å². The van der Waals surface area contributed by atoms with Crippen LogP contribution in [0.3, 0.4) is 0 Å². The Hall–Kier alpha value is -1.26. The van der Waals surface area contributed by atoms with Gasteiger partial charge in [-0.25, -0.2) is 0 Å². The van der Waals surface area contributed by atoms with Crippen molar-refractivity contribution in [2.24, 2.45) is 0 Å². The zero-order chi connectivity index (χ0) is 25.1. The number of rotatable bonds is 11. The molecule has 0 N–H and O–H groups in total. The molecule has 0 heterocycles. The summed E-state index contributed by atoms with van der Waals surface area (Å²) < 4.78 is 0. The van der Waals surface area contributed by atoms with Gasteiger partial charge < -0.3 is 0 Å². The Morgan fingerprint density at radius 1 is 0.595 bits per heavy atom. The van der Waals surface area contributed by atoms with E-state index in [4.69, 9.17) is 0 Å².